The first-order valence-corrected chi connectivity index (χ1v) is 7.12. The maximum Gasteiger partial charge on any atom is 0.188 e. The molecule has 0 unspecified atom stereocenters. The Bertz CT molecular complexity index is 772. The minimum atomic E-state index is 0.638. The summed E-state index contributed by atoms with van der Waals surface area (Å²) in [6, 6.07) is 11.1. The lowest BCUT2D eigenvalue weighted by molar-refractivity contribution is 0.417. The molecule has 3 rings (SSSR count). The van der Waals surface area contributed by atoms with Gasteiger partial charge in [-0.2, -0.15) is 0 Å². The number of aromatic nitrogens is 1. The third-order valence-electron chi connectivity index (χ3n) is 2.82. The highest BCUT2D eigenvalue weighted by Crippen LogP contribution is 2.34. The summed E-state index contributed by atoms with van der Waals surface area (Å²) in [5.41, 5.74) is 8.20. The lowest BCUT2D eigenvalue weighted by atomic mass is 10.3. The summed E-state index contributed by atoms with van der Waals surface area (Å²) in [7, 11) is 1.62. The van der Waals surface area contributed by atoms with Crippen LogP contribution >= 0.6 is 22.9 Å². The Morgan fingerprint density at radius 1 is 1.25 bits per heavy atom. The fourth-order valence-electron chi connectivity index (χ4n) is 1.89. The Labute approximate surface area is 125 Å². The fraction of sp³-hybridized carbons (Fsp3) is 0.0714. The molecule has 20 heavy (non-hydrogen) atoms. The predicted octanol–water partition coefficient (Wildman–Crippen LogP) is 4.28. The molecule has 6 heteroatoms. The van der Waals surface area contributed by atoms with Crippen LogP contribution in [-0.2, 0) is 0 Å². The van der Waals surface area contributed by atoms with Crippen molar-refractivity contribution in [3.8, 4) is 5.75 Å². The van der Waals surface area contributed by atoms with Gasteiger partial charge in [-0.05, 0) is 36.4 Å². The number of hydrogen-bond acceptors (Lipinski definition) is 5. The third kappa shape index (κ3) is 2.50. The van der Waals surface area contributed by atoms with Crippen LogP contribution in [-0.4, -0.2) is 12.1 Å². The number of methoxy groups -OCH3 is 1. The molecular formula is C14H12ClN3OS. The minimum absolute atomic E-state index is 0.638. The zero-order valence-corrected chi connectivity index (χ0v) is 12.3. The summed E-state index contributed by atoms with van der Waals surface area (Å²) in [5, 5.41) is 4.64. The van der Waals surface area contributed by atoms with Gasteiger partial charge in [0.2, 0.25) is 0 Å². The van der Waals surface area contributed by atoms with Gasteiger partial charge in [0.1, 0.15) is 5.75 Å². The Morgan fingerprint density at radius 3 is 2.90 bits per heavy atom. The standard InChI is InChI=1S/C14H12ClN3OS/c1-19-12-5-2-8(15)6-11(12)18-14-17-10-4-3-9(16)7-13(10)20-14/h2-7H,16H2,1H3,(H,17,18). The highest BCUT2D eigenvalue weighted by atomic mass is 35.5. The molecular weight excluding hydrogens is 294 g/mol. The molecule has 1 heterocycles. The number of halogens is 1. The van der Waals surface area contributed by atoms with Crippen LogP contribution in [0.1, 0.15) is 0 Å². The lowest BCUT2D eigenvalue weighted by Gasteiger charge is -2.08. The van der Waals surface area contributed by atoms with E-state index in [1.807, 2.05) is 24.3 Å². The van der Waals surface area contributed by atoms with E-state index in [0.29, 0.717) is 10.8 Å². The summed E-state index contributed by atoms with van der Waals surface area (Å²) in [6.07, 6.45) is 0. The summed E-state index contributed by atoms with van der Waals surface area (Å²) >= 11 is 7.54. The van der Waals surface area contributed by atoms with Gasteiger partial charge in [0.25, 0.3) is 0 Å². The van der Waals surface area contributed by atoms with Crippen LogP contribution in [0, 0.1) is 0 Å². The Morgan fingerprint density at radius 2 is 2.10 bits per heavy atom. The van der Waals surface area contributed by atoms with Crippen molar-refractivity contribution in [2.24, 2.45) is 0 Å². The molecule has 3 aromatic rings. The molecule has 2 aromatic carbocycles. The van der Waals surface area contributed by atoms with Crippen LogP contribution in [0.3, 0.4) is 0 Å². The molecule has 0 saturated carbocycles. The van der Waals surface area contributed by atoms with Gasteiger partial charge < -0.3 is 15.8 Å². The highest BCUT2D eigenvalue weighted by Gasteiger charge is 2.08. The number of ether oxygens (including phenoxy) is 1. The second kappa shape index (κ2) is 5.19. The average molecular weight is 306 g/mol. The van der Waals surface area contributed by atoms with Gasteiger partial charge in [-0.15, -0.1) is 0 Å². The summed E-state index contributed by atoms with van der Waals surface area (Å²) in [4.78, 5) is 4.51. The number of nitrogens with zero attached hydrogens (tertiary/aromatic N) is 1. The molecule has 1 aromatic heterocycles. The molecule has 4 nitrogen and oxygen atoms in total. The molecule has 0 fully saturated rings. The van der Waals surface area contributed by atoms with Gasteiger partial charge >= 0.3 is 0 Å². The van der Waals surface area contributed by atoms with Crippen molar-refractivity contribution in [2.45, 2.75) is 0 Å². The van der Waals surface area contributed by atoms with Gasteiger partial charge in [-0.25, -0.2) is 4.98 Å². The molecule has 0 radical (unpaired) electrons. The number of fused-ring (bicyclic) bond motifs is 1. The van der Waals surface area contributed by atoms with Gasteiger partial charge in [0.15, 0.2) is 5.13 Å². The molecule has 0 bridgehead atoms. The number of anilines is 3. The molecule has 0 spiro atoms. The van der Waals surface area contributed by atoms with Crippen LogP contribution in [0.2, 0.25) is 5.02 Å². The predicted molar refractivity (Wildman–Crippen MR) is 85.3 cm³/mol. The molecule has 102 valence electrons. The Kier molecular flexibility index (Phi) is 3.38. The Hall–Kier alpha value is -1.98. The van der Waals surface area contributed by atoms with Crippen molar-refractivity contribution in [3.05, 3.63) is 41.4 Å². The van der Waals surface area contributed by atoms with Gasteiger partial charge in [-0.1, -0.05) is 22.9 Å². The maximum atomic E-state index is 6.01. The van der Waals surface area contributed by atoms with E-state index in [1.54, 1.807) is 19.2 Å². The summed E-state index contributed by atoms with van der Waals surface area (Å²) < 4.78 is 6.34. The molecule has 0 amide bonds. The van der Waals surface area contributed by atoms with Crippen LogP contribution in [0.15, 0.2) is 36.4 Å². The number of nitrogens with one attached hydrogen (secondary N) is 1. The Balaban J connectivity index is 1.98. The number of rotatable bonds is 3. The largest absolute Gasteiger partial charge is 0.495 e. The second-order valence-corrected chi connectivity index (χ2v) is 5.68. The second-order valence-electron chi connectivity index (χ2n) is 4.22. The molecule has 3 N–H and O–H groups in total. The highest BCUT2D eigenvalue weighted by molar-refractivity contribution is 7.22. The zero-order chi connectivity index (χ0) is 14.1. The molecule has 0 saturated heterocycles. The van der Waals surface area contributed by atoms with Crippen LogP contribution < -0.4 is 15.8 Å². The zero-order valence-electron chi connectivity index (χ0n) is 10.7. The van der Waals surface area contributed by atoms with Crippen molar-refractivity contribution < 1.29 is 4.74 Å². The molecule has 0 aliphatic heterocycles. The maximum absolute atomic E-state index is 6.01. The first kappa shape index (κ1) is 13.0. The van der Waals surface area contributed by atoms with Crippen molar-refractivity contribution in [1.82, 2.24) is 4.98 Å². The lowest BCUT2D eigenvalue weighted by Crippen LogP contribution is -1.93. The minimum Gasteiger partial charge on any atom is -0.495 e. The first-order valence-electron chi connectivity index (χ1n) is 5.92. The number of thiazole rings is 1. The van der Waals surface area contributed by atoms with Crippen molar-refractivity contribution in [2.75, 3.05) is 18.2 Å². The van der Waals surface area contributed by atoms with Crippen LogP contribution in [0.4, 0.5) is 16.5 Å². The van der Waals surface area contributed by atoms with E-state index in [9.17, 15) is 0 Å². The summed E-state index contributed by atoms with van der Waals surface area (Å²) in [6.45, 7) is 0. The SMILES string of the molecule is COc1ccc(Cl)cc1Nc1nc2ccc(N)cc2s1. The topological polar surface area (TPSA) is 60.2 Å². The molecule has 0 aliphatic rings. The fourth-order valence-corrected chi connectivity index (χ4v) is 2.99. The van der Waals surface area contributed by atoms with E-state index < -0.39 is 0 Å². The smallest absolute Gasteiger partial charge is 0.188 e. The number of hydrogen-bond donors (Lipinski definition) is 2. The van der Waals surface area contributed by atoms with Crippen molar-refractivity contribution in [1.29, 1.82) is 0 Å². The number of benzene rings is 2. The van der Waals surface area contributed by atoms with E-state index in [-0.39, 0.29) is 0 Å². The van der Waals surface area contributed by atoms with Gasteiger partial charge in [-0.3, -0.25) is 0 Å². The van der Waals surface area contributed by atoms with E-state index >= 15 is 0 Å². The number of nitrogen functional groups attached to an aromatic ring is 1. The van der Waals surface area contributed by atoms with E-state index in [4.69, 9.17) is 22.1 Å². The van der Waals surface area contributed by atoms with E-state index in [2.05, 4.69) is 10.3 Å². The van der Waals surface area contributed by atoms with Gasteiger partial charge in [0, 0.05) is 10.7 Å². The normalized spacial score (nSPS) is 10.7. The summed E-state index contributed by atoms with van der Waals surface area (Å²) in [5.74, 6) is 0.716. The third-order valence-corrected chi connectivity index (χ3v) is 3.98. The van der Waals surface area contributed by atoms with E-state index in [0.717, 1.165) is 26.7 Å². The van der Waals surface area contributed by atoms with Crippen LogP contribution in [0.5, 0.6) is 5.75 Å². The van der Waals surface area contributed by atoms with E-state index in [1.165, 1.54) is 11.3 Å². The monoisotopic (exact) mass is 305 g/mol. The molecule has 0 atom stereocenters. The van der Waals surface area contributed by atoms with Crippen molar-refractivity contribution in [3.63, 3.8) is 0 Å². The molecule has 0 aliphatic carbocycles. The first-order chi connectivity index (χ1) is 9.65. The van der Waals surface area contributed by atoms with Crippen molar-refractivity contribution >= 4 is 49.7 Å². The number of nitrogens with two attached hydrogens (primary N) is 1. The average Bonchev–Trinajstić information content (AvgIpc) is 2.80. The van der Waals surface area contributed by atoms with Gasteiger partial charge in [0.05, 0.1) is 23.0 Å². The van der Waals surface area contributed by atoms with Crippen LogP contribution in [0.25, 0.3) is 10.2 Å². The quantitative estimate of drug-likeness (QED) is 0.709.